The molecule has 0 fully saturated rings. The van der Waals surface area contributed by atoms with Crippen molar-refractivity contribution in [3.8, 4) is 11.5 Å². The third-order valence-corrected chi connectivity index (χ3v) is 4.47. The lowest BCUT2D eigenvalue weighted by atomic mass is 10.3. The molecule has 0 aliphatic rings. The summed E-state index contributed by atoms with van der Waals surface area (Å²) >= 11 is 0. The summed E-state index contributed by atoms with van der Waals surface area (Å²) in [5, 5.41) is 0. The van der Waals surface area contributed by atoms with Gasteiger partial charge in [-0.2, -0.15) is 0 Å². The molecular formula is C13H13N5O4S. The second-order valence-corrected chi connectivity index (χ2v) is 6.10. The zero-order valence-electron chi connectivity index (χ0n) is 12.3. The fourth-order valence-electron chi connectivity index (χ4n) is 2.02. The molecule has 3 rings (SSSR count). The lowest BCUT2D eigenvalue weighted by molar-refractivity contribution is 0.392. The number of hydrogen-bond donors (Lipinski definition) is 2. The number of aromatic amines is 1. The molecule has 0 amide bonds. The van der Waals surface area contributed by atoms with E-state index in [1.165, 1.54) is 39.0 Å². The van der Waals surface area contributed by atoms with E-state index >= 15 is 0 Å². The Morgan fingerprint density at radius 2 is 1.96 bits per heavy atom. The van der Waals surface area contributed by atoms with Gasteiger partial charge in [-0.15, -0.1) is 0 Å². The molecule has 0 spiro atoms. The summed E-state index contributed by atoms with van der Waals surface area (Å²) in [6.07, 6.45) is 2.63. The summed E-state index contributed by atoms with van der Waals surface area (Å²) in [4.78, 5) is 14.6. The Hall–Kier alpha value is -2.88. The van der Waals surface area contributed by atoms with Gasteiger partial charge in [0.2, 0.25) is 0 Å². The van der Waals surface area contributed by atoms with Crippen molar-refractivity contribution in [2.45, 2.75) is 4.90 Å². The number of fused-ring (bicyclic) bond motifs is 1. The first-order valence-electron chi connectivity index (χ1n) is 6.44. The number of benzene rings is 1. The molecule has 23 heavy (non-hydrogen) atoms. The van der Waals surface area contributed by atoms with Crippen LogP contribution in [-0.2, 0) is 10.0 Å². The molecule has 0 saturated heterocycles. The van der Waals surface area contributed by atoms with Crippen LogP contribution in [0, 0.1) is 0 Å². The van der Waals surface area contributed by atoms with E-state index in [1.54, 1.807) is 6.07 Å². The maximum absolute atomic E-state index is 12.7. The zero-order chi connectivity index (χ0) is 16.4. The van der Waals surface area contributed by atoms with E-state index in [2.05, 4.69) is 24.7 Å². The number of aromatic nitrogens is 4. The van der Waals surface area contributed by atoms with Crippen molar-refractivity contribution in [3.05, 3.63) is 30.9 Å². The number of sulfonamides is 1. The van der Waals surface area contributed by atoms with E-state index in [0.29, 0.717) is 16.9 Å². The van der Waals surface area contributed by atoms with E-state index in [0.717, 1.165) is 0 Å². The molecule has 3 aromatic rings. The maximum atomic E-state index is 12.7. The van der Waals surface area contributed by atoms with Gasteiger partial charge in [-0.25, -0.2) is 23.4 Å². The third-order valence-electron chi connectivity index (χ3n) is 3.11. The highest BCUT2D eigenvalue weighted by atomic mass is 32.2. The average Bonchev–Trinajstić information content (AvgIpc) is 3.03. The number of rotatable bonds is 5. The number of H-pyrrole nitrogens is 1. The van der Waals surface area contributed by atoms with Crippen LogP contribution in [-0.4, -0.2) is 42.6 Å². The molecule has 0 saturated carbocycles. The van der Waals surface area contributed by atoms with Gasteiger partial charge < -0.3 is 14.5 Å². The number of nitrogens with one attached hydrogen (secondary N) is 2. The lowest BCUT2D eigenvalue weighted by Gasteiger charge is -2.12. The normalized spacial score (nSPS) is 11.4. The first kappa shape index (κ1) is 15.0. The SMILES string of the molecule is COc1ccc(OC)c(S(=O)(=O)Nc2ncnc3nc[nH]c23)c1. The molecule has 120 valence electrons. The van der Waals surface area contributed by atoms with Crippen LogP contribution in [0.4, 0.5) is 5.82 Å². The summed E-state index contributed by atoms with van der Waals surface area (Å²) in [5.41, 5.74) is 0.744. The Labute approximate surface area is 131 Å². The van der Waals surface area contributed by atoms with Crippen molar-refractivity contribution in [3.63, 3.8) is 0 Å². The minimum Gasteiger partial charge on any atom is -0.497 e. The molecule has 2 heterocycles. The highest BCUT2D eigenvalue weighted by Crippen LogP contribution is 2.30. The molecule has 2 aromatic heterocycles. The van der Waals surface area contributed by atoms with E-state index in [-0.39, 0.29) is 16.5 Å². The molecule has 0 unspecified atom stereocenters. The molecule has 0 radical (unpaired) electrons. The van der Waals surface area contributed by atoms with E-state index in [1.807, 2.05) is 0 Å². The van der Waals surface area contributed by atoms with Gasteiger partial charge >= 0.3 is 0 Å². The molecule has 2 N–H and O–H groups in total. The van der Waals surface area contributed by atoms with Gasteiger partial charge in [-0.1, -0.05) is 0 Å². The van der Waals surface area contributed by atoms with Gasteiger partial charge in [0.05, 0.1) is 20.5 Å². The van der Waals surface area contributed by atoms with Crippen LogP contribution < -0.4 is 14.2 Å². The highest BCUT2D eigenvalue weighted by Gasteiger charge is 2.22. The second kappa shape index (κ2) is 5.72. The number of methoxy groups -OCH3 is 2. The lowest BCUT2D eigenvalue weighted by Crippen LogP contribution is -2.15. The quantitative estimate of drug-likeness (QED) is 0.718. The van der Waals surface area contributed by atoms with E-state index in [4.69, 9.17) is 9.47 Å². The van der Waals surface area contributed by atoms with Crippen molar-refractivity contribution in [1.29, 1.82) is 0 Å². The summed E-state index contributed by atoms with van der Waals surface area (Å²) < 4.78 is 37.9. The maximum Gasteiger partial charge on any atom is 0.266 e. The zero-order valence-corrected chi connectivity index (χ0v) is 13.1. The minimum atomic E-state index is -3.95. The average molecular weight is 335 g/mol. The monoisotopic (exact) mass is 335 g/mol. The Morgan fingerprint density at radius 1 is 1.13 bits per heavy atom. The summed E-state index contributed by atoms with van der Waals surface area (Å²) in [5.74, 6) is 0.672. The molecule has 9 nitrogen and oxygen atoms in total. The second-order valence-electron chi connectivity index (χ2n) is 4.45. The van der Waals surface area contributed by atoms with Crippen molar-refractivity contribution >= 4 is 27.0 Å². The first-order valence-corrected chi connectivity index (χ1v) is 7.92. The molecular weight excluding hydrogens is 322 g/mol. The van der Waals surface area contributed by atoms with Crippen molar-refractivity contribution in [2.75, 3.05) is 18.9 Å². The summed E-state index contributed by atoms with van der Waals surface area (Å²) in [6.45, 7) is 0. The third kappa shape index (κ3) is 2.75. The topological polar surface area (TPSA) is 119 Å². The Kier molecular flexibility index (Phi) is 3.74. The van der Waals surface area contributed by atoms with Gasteiger partial charge in [0, 0.05) is 6.07 Å². The van der Waals surface area contributed by atoms with Crippen LogP contribution in [0.15, 0.2) is 35.7 Å². The number of hydrogen-bond acceptors (Lipinski definition) is 7. The van der Waals surface area contributed by atoms with Crippen LogP contribution in [0.25, 0.3) is 11.2 Å². The molecule has 0 aliphatic carbocycles. The summed E-state index contributed by atoms with van der Waals surface area (Å²) in [6, 6.07) is 4.49. The van der Waals surface area contributed by atoms with Gasteiger partial charge in [-0.05, 0) is 12.1 Å². The predicted molar refractivity (Wildman–Crippen MR) is 82.0 cm³/mol. The standard InChI is InChI=1S/C13H13N5O4S/c1-21-8-3-4-9(22-2)10(5-8)23(19,20)18-13-11-12(15-6-14-11)16-7-17-13/h3-7H,1-2H3,(H2,14,15,16,17,18). The van der Waals surface area contributed by atoms with Crippen molar-refractivity contribution in [2.24, 2.45) is 0 Å². The fourth-order valence-corrected chi connectivity index (χ4v) is 3.23. The van der Waals surface area contributed by atoms with Crippen LogP contribution in [0.1, 0.15) is 0 Å². The first-order chi connectivity index (χ1) is 11.0. The van der Waals surface area contributed by atoms with Gasteiger partial charge in [0.15, 0.2) is 11.5 Å². The summed E-state index contributed by atoms with van der Waals surface area (Å²) in [7, 11) is -1.11. The Balaban J connectivity index is 2.07. The van der Waals surface area contributed by atoms with E-state index in [9.17, 15) is 8.42 Å². The minimum absolute atomic E-state index is 0.0642. The van der Waals surface area contributed by atoms with Crippen molar-refractivity contribution in [1.82, 2.24) is 19.9 Å². The molecule has 0 bridgehead atoms. The van der Waals surface area contributed by atoms with Gasteiger partial charge in [0.1, 0.15) is 28.2 Å². The Bertz CT molecular complexity index is 954. The largest absolute Gasteiger partial charge is 0.497 e. The van der Waals surface area contributed by atoms with Crippen LogP contribution in [0.2, 0.25) is 0 Å². The highest BCUT2D eigenvalue weighted by molar-refractivity contribution is 7.92. The number of ether oxygens (including phenoxy) is 2. The van der Waals surface area contributed by atoms with Gasteiger partial charge in [0.25, 0.3) is 10.0 Å². The molecule has 1 aromatic carbocycles. The van der Waals surface area contributed by atoms with Crippen LogP contribution in [0.5, 0.6) is 11.5 Å². The number of imidazole rings is 1. The van der Waals surface area contributed by atoms with Gasteiger partial charge in [-0.3, -0.25) is 4.72 Å². The van der Waals surface area contributed by atoms with Crippen LogP contribution >= 0.6 is 0 Å². The predicted octanol–water partition coefficient (Wildman–Crippen LogP) is 1.17. The molecule has 10 heteroatoms. The molecule has 0 aliphatic heterocycles. The fraction of sp³-hybridized carbons (Fsp3) is 0.154. The smallest absolute Gasteiger partial charge is 0.266 e. The number of anilines is 1. The number of nitrogens with zero attached hydrogens (tertiary/aromatic N) is 3. The van der Waals surface area contributed by atoms with E-state index < -0.39 is 10.0 Å². The van der Waals surface area contributed by atoms with Crippen LogP contribution in [0.3, 0.4) is 0 Å². The van der Waals surface area contributed by atoms with Crippen molar-refractivity contribution < 1.29 is 17.9 Å². The Morgan fingerprint density at radius 3 is 2.70 bits per heavy atom. The molecule has 0 atom stereocenters.